The molecule has 0 saturated carbocycles. The molecule has 0 radical (unpaired) electrons. The molecule has 4 nitrogen and oxygen atoms in total. The van der Waals surface area contributed by atoms with Crippen LogP contribution in [0.2, 0.25) is 0 Å². The van der Waals surface area contributed by atoms with Gasteiger partial charge >= 0.3 is 0 Å². The maximum absolute atomic E-state index is 11.5. The lowest BCUT2D eigenvalue weighted by molar-refractivity contribution is -0.122. The van der Waals surface area contributed by atoms with Crippen LogP contribution < -0.4 is 10.6 Å². The number of carbonyl (C=O) groups is 1. The minimum atomic E-state index is -0.166. The van der Waals surface area contributed by atoms with E-state index >= 15 is 0 Å². The number of carbonyl (C=O) groups excluding carboxylic acids is 1. The van der Waals surface area contributed by atoms with Crippen molar-refractivity contribution in [1.29, 1.82) is 0 Å². The molecule has 0 saturated heterocycles. The molecule has 16 heavy (non-hydrogen) atoms. The number of ether oxygens (including phenoxy) is 1. The van der Waals surface area contributed by atoms with Crippen molar-refractivity contribution in [2.75, 3.05) is 26.8 Å². The first-order chi connectivity index (χ1) is 7.72. The molecule has 1 amide bonds. The maximum atomic E-state index is 11.5. The van der Waals surface area contributed by atoms with E-state index < -0.39 is 0 Å². The Morgan fingerprint density at radius 2 is 2.19 bits per heavy atom. The van der Waals surface area contributed by atoms with Crippen LogP contribution in [0.4, 0.5) is 0 Å². The normalized spacial score (nSPS) is 11.4. The first-order valence-corrected chi connectivity index (χ1v) is 5.62. The van der Waals surface area contributed by atoms with Gasteiger partial charge in [-0.25, -0.2) is 0 Å². The van der Waals surface area contributed by atoms with Crippen LogP contribution in [-0.2, 0) is 9.53 Å². The summed E-state index contributed by atoms with van der Waals surface area (Å²) in [5.74, 6) is 5.78. The van der Waals surface area contributed by atoms with Crippen molar-refractivity contribution < 1.29 is 9.53 Å². The molecule has 0 aliphatic heterocycles. The fraction of sp³-hybridized carbons (Fsp3) is 0.750. The second kappa shape index (κ2) is 10.5. The lowest BCUT2D eigenvalue weighted by atomic mass is 10.3. The van der Waals surface area contributed by atoms with Crippen LogP contribution in [0.15, 0.2) is 0 Å². The highest BCUT2D eigenvalue weighted by Crippen LogP contribution is 1.84. The van der Waals surface area contributed by atoms with Crippen molar-refractivity contribution >= 4 is 5.91 Å². The fourth-order valence-electron chi connectivity index (χ4n) is 1.15. The van der Waals surface area contributed by atoms with Gasteiger partial charge in [0.1, 0.15) is 0 Å². The van der Waals surface area contributed by atoms with Crippen LogP contribution in [0.5, 0.6) is 0 Å². The number of hydrogen-bond donors (Lipinski definition) is 2. The number of methoxy groups -OCH3 is 1. The second-order valence-electron chi connectivity index (χ2n) is 3.49. The van der Waals surface area contributed by atoms with E-state index in [0.29, 0.717) is 13.2 Å². The summed E-state index contributed by atoms with van der Waals surface area (Å²) in [5, 5.41) is 5.95. The van der Waals surface area contributed by atoms with Gasteiger partial charge in [0.15, 0.2) is 0 Å². The summed E-state index contributed by atoms with van der Waals surface area (Å²) >= 11 is 0. The van der Waals surface area contributed by atoms with Gasteiger partial charge in [-0.05, 0) is 20.3 Å². The van der Waals surface area contributed by atoms with Gasteiger partial charge in [-0.1, -0.05) is 0 Å². The predicted molar refractivity (Wildman–Crippen MR) is 65.0 cm³/mol. The van der Waals surface area contributed by atoms with E-state index in [4.69, 9.17) is 4.74 Å². The van der Waals surface area contributed by atoms with Gasteiger partial charge in [0.2, 0.25) is 5.91 Å². The quantitative estimate of drug-likeness (QED) is 0.469. The minimum absolute atomic E-state index is 0.0283. The van der Waals surface area contributed by atoms with Crippen LogP contribution in [0.1, 0.15) is 26.7 Å². The van der Waals surface area contributed by atoms with Crippen molar-refractivity contribution in [3.05, 3.63) is 0 Å². The van der Waals surface area contributed by atoms with Gasteiger partial charge in [-0.15, -0.1) is 11.8 Å². The molecule has 0 heterocycles. The second-order valence-corrected chi connectivity index (χ2v) is 3.49. The van der Waals surface area contributed by atoms with Gasteiger partial charge in [0, 0.05) is 33.2 Å². The van der Waals surface area contributed by atoms with Gasteiger partial charge in [0.05, 0.1) is 6.04 Å². The third-order valence-corrected chi connectivity index (χ3v) is 2.10. The van der Waals surface area contributed by atoms with Gasteiger partial charge in [-0.2, -0.15) is 0 Å². The SMILES string of the molecule is CC#CCCNC(C)C(=O)NCCCOC. The molecule has 0 aliphatic carbocycles. The van der Waals surface area contributed by atoms with E-state index in [9.17, 15) is 4.79 Å². The summed E-state index contributed by atoms with van der Waals surface area (Å²) in [7, 11) is 1.65. The molecule has 2 N–H and O–H groups in total. The molecule has 1 atom stereocenters. The molecule has 1 unspecified atom stereocenters. The third-order valence-electron chi connectivity index (χ3n) is 2.10. The van der Waals surface area contributed by atoms with Crippen molar-refractivity contribution in [3.8, 4) is 11.8 Å². The molecular formula is C12H22N2O2. The van der Waals surface area contributed by atoms with E-state index in [2.05, 4.69) is 22.5 Å². The zero-order chi connectivity index (χ0) is 12.2. The molecule has 0 fully saturated rings. The van der Waals surface area contributed by atoms with Gasteiger partial charge < -0.3 is 15.4 Å². The summed E-state index contributed by atoms with van der Waals surface area (Å²) in [6, 6.07) is -0.166. The van der Waals surface area contributed by atoms with Gasteiger partial charge in [-0.3, -0.25) is 4.79 Å². The van der Waals surface area contributed by atoms with Crippen molar-refractivity contribution in [2.24, 2.45) is 0 Å². The average Bonchev–Trinajstić information content (AvgIpc) is 2.29. The molecular weight excluding hydrogens is 204 g/mol. The largest absolute Gasteiger partial charge is 0.385 e. The highest BCUT2D eigenvalue weighted by atomic mass is 16.5. The average molecular weight is 226 g/mol. The van der Waals surface area contributed by atoms with Crippen LogP contribution in [0.25, 0.3) is 0 Å². The first kappa shape index (κ1) is 14.9. The van der Waals surface area contributed by atoms with E-state index in [0.717, 1.165) is 19.4 Å². The minimum Gasteiger partial charge on any atom is -0.385 e. The summed E-state index contributed by atoms with van der Waals surface area (Å²) in [4.78, 5) is 11.5. The number of rotatable bonds is 8. The van der Waals surface area contributed by atoms with Crippen LogP contribution in [0.3, 0.4) is 0 Å². The molecule has 0 aromatic carbocycles. The Morgan fingerprint density at radius 3 is 2.81 bits per heavy atom. The predicted octanol–water partition coefficient (Wildman–Crippen LogP) is 0.531. The lowest BCUT2D eigenvalue weighted by Gasteiger charge is -2.12. The third kappa shape index (κ3) is 8.27. The highest BCUT2D eigenvalue weighted by molar-refractivity contribution is 5.81. The Morgan fingerprint density at radius 1 is 1.44 bits per heavy atom. The molecule has 0 aromatic heterocycles. The lowest BCUT2D eigenvalue weighted by Crippen LogP contribution is -2.42. The van der Waals surface area contributed by atoms with Crippen molar-refractivity contribution in [1.82, 2.24) is 10.6 Å². The van der Waals surface area contributed by atoms with Crippen LogP contribution in [0, 0.1) is 11.8 Å². The molecule has 92 valence electrons. The van der Waals surface area contributed by atoms with E-state index in [1.807, 2.05) is 13.8 Å². The summed E-state index contributed by atoms with van der Waals surface area (Å²) in [5.41, 5.74) is 0. The number of nitrogens with one attached hydrogen (secondary N) is 2. The summed E-state index contributed by atoms with van der Waals surface area (Å²) < 4.78 is 4.89. The Hall–Kier alpha value is -1.05. The fourth-order valence-corrected chi connectivity index (χ4v) is 1.15. The zero-order valence-corrected chi connectivity index (χ0v) is 10.4. The monoisotopic (exact) mass is 226 g/mol. The number of amides is 1. The zero-order valence-electron chi connectivity index (χ0n) is 10.4. The topological polar surface area (TPSA) is 50.4 Å². The highest BCUT2D eigenvalue weighted by Gasteiger charge is 2.09. The molecule has 0 rings (SSSR count). The Balaban J connectivity index is 3.51. The molecule has 0 aromatic rings. The first-order valence-electron chi connectivity index (χ1n) is 5.62. The molecule has 0 bridgehead atoms. The Labute approximate surface area is 98.1 Å². The van der Waals surface area contributed by atoms with Crippen LogP contribution in [-0.4, -0.2) is 38.8 Å². The smallest absolute Gasteiger partial charge is 0.236 e. The van der Waals surface area contributed by atoms with E-state index in [-0.39, 0.29) is 11.9 Å². The summed E-state index contributed by atoms with van der Waals surface area (Å²) in [6.45, 7) is 5.74. The molecule has 0 spiro atoms. The summed E-state index contributed by atoms with van der Waals surface area (Å²) in [6.07, 6.45) is 1.62. The van der Waals surface area contributed by atoms with Gasteiger partial charge in [0.25, 0.3) is 0 Å². The molecule has 0 aliphatic rings. The van der Waals surface area contributed by atoms with Crippen molar-refractivity contribution in [2.45, 2.75) is 32.7 Å². The van der Waals surface area contributed by atoms with E-state index in [1.54, 1.807) is 7.11 Å². The maximum Gasteiger partial charge on any atom is 0.236 e. The Kier molecular flexibility index (Phi) is 9.78. The Bertz CT molecular complexity index is 243. The number of hydrogen-bond acceptors (Lipinski definition) is 3. The molecule has 4 heteroatoms. The van der Waals surface area contributed by atoms with Crippen molar-refractivity contribution in [3.63, 3.8) is 0 Å². The van der Waals surface area contributed by atoms with E-state index in [1.165, 1.54) is 0 Å². The standard InChI is InChI=1S/C12H22N2O2/c1-4-5-6-8-13-11(2)12(15)14-9-7-10-16-3/h11,13H,6-10H2,1-3H3,(H,14,15). The van der Waals surface area contributed by atoms with Crippen LogP contribution >= 0.6 is 0 Å².